The first-order valence-electron chi connectivity index (χ1n) is 7.86. The van der Waals surface area contributed by atoms with Gasteiger partial charge in [-0.1, -0.05) is 49.4 Å². The van der Waals surface area contributed by atoms with Crippen molar-refractivity contribution in [3.63, 3.8) is 0 Å². The summed E-state index contributed by atoms with van der Waals surface area (Å²) in [5.74, 6) is 0.950. The van der Waals surface area contributed by atoms with E-state index < -0.39 is 6.80 Å². The molecule has 2 aromatic carbocycles. The summed E-state index contributed by atoms with van der Waals surface area (Å²) in [5, 5.41) is 0. The van der Waals surface area contributed by atoms with E-state index in [-0.39, 0.29) is 5.78 Å². The van der Waals surface area contributed by atoms with Crippen LogP contribution in [-0.2, 0) is 9.09 Å². The number of benzene rings is 2. The van der Waals surface area contributed by atoms with E-state index in [1.54, 1.807) is 43.3 Å². The van der Waals surface area contributed by atoms with Gasteiger partial charge >= 0.3 is 6.80 Å². The third-order valence-electron chi connectivity index (χ3n) is 3.09. The van der Waals surface area contributed by atoms with Crippen LogP contribution in [0, 0.1) is 0 Å². The molecule has 4 nitrogen and oxygen atoms in total. The van der Waals surface area contributed by atoms with E-state index in [0.29, 0.717) is 29.2 Å². The highest BCUT2D eigenvalue weighted by atomic mass is 32.7. The van der Waals surface area contributed by atoms with Crippen molar-refractivity contribution < 1.29 is 18.4 Å². The fourth-order valence-corrected chi connectivity index (χ4v) is 5.48. The van der Waals surface area contributed by atoms with Crippen molar-refractivity contribution >= 4 is 24.0 Å². The van der Waals surface area contributed by atoms with Gasteiger partial charge in [0.2, 0.25) is 0 Å². The molecule has 0 amide bonds. The Kier molecular flexibility index (Phi) is 7.10. The largest absolute Gasteiger partial charge is 0.440 e. The van der Waals surface area contributed by atoms with Gasteiger partial charge < -0.3 is 4.52 Å². The van der Waals surface area contributed by atoms with Crippen molar-refractivity contribution in [2.45, 2.75) is 20.3 Å². The summed E-state index contributed by atoms with van der Waals surface area (Å²) < 4.78 is 23.7. The van der Waals surface area contributed by atoms with Crippen molar-refractivity contribution in [3.05, 3.63) is 65.7 Å². The molecular weight excluding hydrogens is 343 g/mol. The minimum absolute atomic E-state index is 0.103. The van der Waals surface area contributed by atoms with Crippen molar-refractivity contribution in [1.29, 1.82) is 0 Å². The third-order valence-corrected chi connectivity index (χ3v) is 7.04. The molecule has 0 aliphatic carbocycles. The molecule has 6 heteroatoms. The Balaban J connectivity index is 2.20. The highest BCUT2D eigenvalue weighted by Gasteiger charge is 2.26. The van der Waals surface area contributed by atoms with Crippen LogP contribution in [0.3, 0.4) is 0 Å². The minimum Gasteiger partial charge on any atom is -0.417 e. The van der Waals surface area contributed by atoms with Crippen LogP contribution in [-0.4, -0.2) is 18.1 Å². The number of rotatable bonds is 9. The molecule has 1 atom stereocenters. The molecular formula is C18H21O4PS. The van der Waals surface area contributed by atoms with Gasteiger partial charge in [0.25, 0.3) is 0 Å². The summed E-state index contributed by atoms with van der Waals surface area (Å²) >= 11 is 1.18. The molecule has 0 spiro atoms. The summed E-state index contributed by atoms with van der Waals surface area (Å²) in [4.78, 5) is 12.5. The Hall–Kier alpha value is -1.55. The Labute approximate surface area is 146 Å². The van der Waals surface area contributed by atoms with Gasteiger partial charge in [-0.15, -0.1) is 0 Å². The molecule has 2 rings (SSSR count). The summed E-state index contributed by atoms with van der Waals surface area (Å²) in [7, 11) is 0. The standard InChI is InChI=1S/C18H21O4PS/c1-3-13-24-23(20,21-4-2)22-17-12-8-11-16(14-17)18(19)15-9-6-5-7-10-15/h5-12,14H,3-4,13H2,1-2H3. The Bertz CT molecular complexity index is 718. The zero-order valence-corrected chi connectivity index (χ0v) is 15.5. The van der Waals surface area contributed by atoms with E-state index in [1.807, 2.05) is 25.1 Å². The van der Waals surface area contributed by atoms with Crippen LogP contribution in [0.15, 0.2) is 54.6 Å². The molecule has 0 saturated carbocycles. The van der Waals surface area contributed by atoms with Crippen LogP contribution in [0.2, 0.25) is 0 Å². The number of ketones is 1. The van der Waals surface area contributed by atoms with E-state index in [0.717, 1.165) is 6.42 Å². The highest BCUT2D eigenvalue weighted by molar-refractivity contribution is 8.55. The lowest BCUT2D eigenvalue weighted by molar-refractivity contribution is 0.103. The zero-order valence-electron chi connectivity index (χ0n) is 13.8. The Morgan fingerprint density at radius 2 is 1.75 bits per heavy atom. The number of carbonyl (C=O) groups is 1. The smallest absolute Gasteiger partial charge is 0.417 e. The maximum atomic E-state index is 12.7. The van der Waals surface area contributed by atoms with Crippen LogP contribution in [0.5, 0.6) is 5.75 Å². The van der Waals surface area contributed by atoms with Gasteiger partial charge in [0.05, 0.1) is 6.61 Å². The second-order valence-electron chi connectivity index (χ2n) is 5.01. The molecule has 0 N–H and O–H groups in total. The lowest BCUT2D eigenvalue weighted by Gasteiger charge is -2.17. The van der Waals surface area contributed by atoms with Gasteiger partial charge in [-0.3, -0.25) is 9.32 Å². The van der Waals surface area contributed by atoms with Gasteiger partial charge in [0.15, 0.2) is 5.78 Å². The van der Waals surface area contributed by atoms with Crippen molar-refractivity contribution in [2.24, 2.45) is 0 Å². The minimum atomic E-state index is -3.27. The maximum Gasteiger partial charge on any atom is 0.440 e. The van der Waals surface area contributed by atoms with E-state index in [9.17, 15) is 9.36 Å². The summed E-state index contributed by atoms with van der Waals surface area (Å²) in [6, 6.07) is 15.7. The average molecular weight is 364 g/mol. The highest BCUT2D eigenvalue weighted by Crippen LogP contribution is 2.60. The molecule has 0 aromatic heterocycles. The first-order chi connectivity index (χ1) is 11.6. The van der Waals surface area contributed by atoms with Crippen LogP contribution in [0.4, 0.5) is 0 Å². The number of carbonyl (C=O) groups excluding carboxylic acids is 1. The normalized spacial score (nSPS) is 13.2. The van der Waals surface area contributed by atoms with Crippen LogP contribution in [0.1, 0.15) is 36.2 Å². The Morgan fingerprint density at radius 3 is 2.42 bits per heavy atom. The first kappa shape index (κ1) is 18.8. The van der Waals surface area contributed by atoms with Crippen molar-refractivity contribution in [2.75, 3.05) is 12.4 Å². The topological polar surface area (TPSA) is 52.6 Å². The lowest BCUT2D eigenvalue weighted by Crippen LogP contribution is -2.02. The fourth-order valence-electron chi connectivity index (χ4n) is 2.03. The predicted octanol–water partition coefficient (Wildman–Crippen LogP) is 5.58. The number of hydrogen-bond donors (Lipinski definition) is 0. The first-order valence-corrected chi connectivity index (χ1v) is 11.0. The molecule has 0 saturated heterocycles. The predicted molar refractivity (Wildman–Crippen MR) is 98.9 cm³/mol. The van der Waals surface area contributed by atoms with Gasteiger partial charge in [0.1, 0.15) is 5.75 Å². The fraction of sp³-hybridized carbons (Fsp3) is 0.278. The molecule has 0 bridgehead atoms. The van der Waals surface area contributed by atoms with E-state index in [4.69, 9.17) is 9.05 Å². The van der Waals surface area contributed by atoms with Gasteiger partial charge in [0, 0.05) is 16.9 Å². The van der Waals surface area contributed by atoms with E-state index >= 15 is 0 Å². The molecule has 24 heavy (non-hydrogen) atoms. The van der Waals surface area contributed by atoms with Crippen LogP contribution >= 0.6 is 18.2 Å². The molecule has 0 fully saturated rings. The molecule has 0 aliphatic heterocycles. The van der Waals surface area contributed by atoms with Gasteiger partial charge in [-0.2, -0.15) is 0 Å². The van der Waals surface area contributed by atoms with E-state index in [2.05, 4.69) is 0 Å². The lowest BCUT2D eigenvalue weighted by atomic mass is 10.0. The zero-order chi connectivity index (χ0) is 17.4. The second kappa shape index (κ2) is 9.07. The molecule has 0 radical (unpaired) electrons. The second-order valence-corrected chi connectivity index (χ2v) is 9.13. The maximum absolute atomic E-state index is 12.7. The van der Waals surface area contributed by atoms with Crippen molar-refractivity contribution in [3.8, 4) is 5.75 Å². The van der Waals surface area contributed by atoms with Crippen LogP contribution in [0.25, 0.3) is 0 Å². The summed E-state index contributed by atoms with van der Waals surface area (Å²) in [5.41, 5.74) is 1.09. The Morgan fingerprint density at radius 1 is 1.04 bits per heavy atom. The molecule has 1 unspecified atom stereocenters. The average Bonchev–Trinajstić information content (AvgIpc) is 2.60. The molecule has 128 valence electrons. The van der Waals surface area contributed by atoms with Crippen LogP contribution < -0.4 is 4.52 Å². The monoisotopic (exact) mass is 364 g/mol. The SMILES string of the molecule is CCCSP(=O)(OCC)Oc1cccc(C(=O)c2ccccc2)c1. The summed E-state index contributed by atoms with van der Waals surface area (Å²) in [6.45, 7) is 0.806. The third kappa shape index (κ3) is 5.23. The molecule has 0 aliphatic rings. The molecule has 2 aromatic rings. The quantitative estimate of drug-likeness (QED) is 0.429. The van der Waals surface area contributed by atoms with E-state index in [1.165, 1.54) is 11.4 Å². The molecule has 0 heterocycles. The van der Waals surface area contributed by atoms with Gasteiger partial charge in [-0.05, 0) is 36.9 Å². The number of hydrogen-bond acceptors (Lipinski definition) is 5. The van der Waals surface area contributed by atoms with Crippen molar-refractivity contribution in [1.82, 2.24) is 0 Å². The van der Waals surface area contributed by atoms with Gasteiger partial charge in [-0.25, -0.2) is 4.57 Å². The summed E-state index contributed by atoms with van der Waals surface area (Å²) in [6.07, 6.45) is 0.873.